The van der Waals surface area contributed by atoms with Crippen molar-refractivity contribution < 1.29 is 9.53 Å². The number of nitrogens with two attached hydrogens (primary N) is 1. The van der Waals surface area contributed by atoms with E-state index in [1.54, 1.807) is 0 Å². The number of hydrogen-bond acceptors (Lipinski definition) is 3. The molecular weight excluding hydrogens is 178 g/mol. The van der Waals surface area contributed by atoms with Crippen LogP contribution in [0.1, 0.15) is 32.1 Å². The molecule has 0 aliphatic heterocycles. The average molecular weight is 197 g/mol. The van der Waals surface area contributed by atoms with Crippen LogP contribution in [0.3, 0.4) is 0 Å². The smallest absolute Gasteiger partial charge is 0.313 e. The average Bonchev–Trinajstić information content (AvgIpc) is 2.72. The van der Waals surface area contributed by atoms with Crippen molar-refractivity contribution in [3.8, 4) is 0 Å². The fourth-order valence-corrected chi connectivity index (χ4v) is 3.07. The van der Waals surface area contributed by atoms with Crippen LogP contribution in [0.4, 0.5) is 0 Å². The Hall–Kier alpha value is -0.570. The molecule has 2 aliphatic rings. The Morgan fingerprint density at radius 1 is 1.50 bits per heavy atom. The first-order valence-electron chi connectivity index (χ1n) is 5.53. The molecule has 0 saturated heterocycles. The Labute approximate surface area is 85.0 Å². The summed E-state index contributed by atoms with van der Waals surface area (Å²) in [6.45, 7) is 0.459. The third-order valence-electron chi connectivity index (χ3n) is 4.06. The van der Waals surface area contributed by atoms with Crippen molar-refractivity contribution in [2.75, 3.05) is 13.7 Å². The lowest BCUT2D eigenvalue weighted by Crippen LogP contribution is -2.30. The number of hydrogen-bond donors (Lipinski definition) is 1. The second-order valence-corrected chi connectivity index (χ2v) is 4.71. The van der Waals surface area contributed by atoms with Crippen molar-refractivity contribution in [3.05, 3.63) is 0 Å². The Morgan fingerprint density at radius 2 is 2.14 bits per heavy atom. The van der Waals surface area contributed by atoms with Crippen LogP contribution in [-0.4, -0.2) is 19.6 Å². The van der Waals surface area contributed by atoms with Gasteiger partial charge in [0, 0.05) is 6.54 Å². The van der Waals surface area contributed by atoms with E-state index in [0.717, 1.165) is 12.3 Å². The molecule has 2 unspecified atom stereocenters. The van der Waals surface area contributed by atoms with E-state index in [-0.39, 0.29) is 11.4 Å². The van der Waals surface area contributed by atoms with Gasteiger partial charge in [0.05, 0.1) is 12.5 Å². The Morgan fingerprint density at radius 3 is 2.64 bits per heavy atom. The summed E-state index contributed by atoms with van der Waals surface area (Å²) in [5.74, 6) is 1.16. The number of carbonyl (C=O) groups is 1. The maximum absolute atomic E-state index is 11.6. The topological polar surface area (TPSA) is 52.3 Å². The molecule has 0 bridgehead atoms. The molecule has 3 nitrogen and oxygen atoms in total. The molecule has 2 saturated carbocycles. The zero-order valence-corrected chi connectivity index (χ0v) is 8.79. The highest BCUT2D eigenvalue weighted by atomic mass is 16.5. The molecule has 0 spiro atoms. The van der Waals surface area contributed by atoms with Crippen molar-refractivity contribution >= 4 is 5.97 Å². The largest absolute Gasteiger partial charge is 0.469 e. The summed E-state index contributed by atoms with van der Waals surface area (Å²) >= 11 is 0. The fourth-order valence-electron chi connectivity index (χ4n) is 3.07. The second-order valence-electron chi connectivity index (χ2n) is 4.71. The van der Waals surface area contributed by atoms with Gasteiger partial charge >= 0.3 is 5.97 Å². The van der Waals surface area contributed by atoms with Crippen molar-refractivity contribution in [2.24, 2.45) is 23.0 Å². The number of carbonyl (C=O) groups excluding carboxylic acids is 1. The quantitative estimate of drug-likeness (QED) is 0.694. The van der Waals surface area contributed by atoms with Crippen LogP contribution in [0.5, 0.6) is 0 Å². The van der Waals surface area contributed by atoms with Crippen LogP contribution in [0.15, 0.2) is 0 Å². The summed E-state index contributed by atoms with van der Waals surface area (Å²) in [6.07, 6.45) is 6.17. The highest BCUT2D eigenvalue weighted by Gasteiger charge is 2.62. The van der Waals surface area contributed by atoms with E-state index in [1.807, 2.05) is 0 Å². The van der Waals surface area contributed by atoms with Gasteiger partial charge in [-0.15, -0.1) is 0 Å². The molecule has 0 amide bonds. The Bertz CT molecular complexity index is 235. The minimum Gasteiger partial charge on any atom is -0.469 e. The minimum absolute atomic E-state index is 0.0862. The monoisotopic (exact) mass is 197 g/mol. The molecule has 2 atom stereocenters. The lowest BCUT2D eigenvalue weighted by molar-refractivity contribution is -0.147. The van der Waals surface area contributed by atoms with Crippen molar-refractivity contribution in [3.63, 3.8) is 0 Å². The summed E-state index contributed by atoms with van der Waals surface area (Å²) in [4.78, 5) is 11.6. The molecule has 2 rings (SSSR count). The number of methoxy groups -OCH3 is 1. The maximum Gasteiger partial charge on any atom is 0.313 e. The van der Waals surface area contributed by atoms with Crippen molar-refractivity contribution in [1.29, 1.82) is 0 Å². The van der Waals surface area contributed by atoms with Gasteiger partial charge in [-0.3, -0.25) is 4.79 Å². The molecule has 3 heteroatoms. The Balaban J connectivity index is 2.01. The normalized spacial score (nSPS) is 37.1. The van der Waals surface area contributed by atoms with Crippen LogP contribution in [0, 0.1) is 17.3 Å². The summed E-state index contributed by atoms with van der Waals surface area (Å²) in [5.41, 5.74) is 5.40. The molecule has 2 fully saturated rings. The molecular formula is C11H19NO2. The predicted octanol–water partition coefficient (Wildman–Crippen LogP) is 1.31. The van der Waals surface area contributed by atoms with Crippen LogP contribution in [-0.2, 0) is 9.53 Å². The van der Waals surface area contributed by atoms with E-state index in [4.69, 9.17) is 10.5 Å². The lowest BCUT2D eigenvalue weighted by Gasteiger charge is -2.15. The van der Waals surface area contributed by atoms with E-state index in [9.17, 15) is 4.79 Å². The van der Waals surface area contributed by atoms with E-state index in [1.165, 1.54) is 32.8 Å². The fraction of sp³-hybridized carbons (Fsp3) is 0.909. The number of rotatable bonds is 3. The van der Waals surface area contributed by atoms with Crippen molar-refractivity contribution in [2.45, 2.75) is 32.1 Å². The minimum atomic E-state index is -0.302. The first-order valence-corrected chi connectivity index (χ1v) is 5.53. The van der Waals surface area contributed by atoms with E-state index in [0.29, 0.717) is 12.5 Å². The first kappa shape index (κ1) is 9.97. The van der Waals surface area contributed by atoms with Crippen LogP contribution in [0.2, 0.25) is 0 Å². The zero-order valence-electron chi connectivity index (χ0n) is 8.79. The molecule has 0 radical (unpaired) electrons. The highest BCUT2D eigenvalue weighted by Crippen LogP contribution is 2.59. The number of ether oxygens (including phenoxy) is 1. The van der Waals surface area contributed by atoms with Crippen LogP contribution < -0.4 is 5.73 Å². The van der Waals surface area contributed by atoms with E-state index in [2.05, 4.69) is 0 Å². The molecule has 0 aromatic carbocycles. The molecule has 0 aromatic rings. The van der Waals surface area contributed by atoms with Gasteiger partial charge < -0.3 is 10.5 Å². The van der Waals surface area contributed by atoms with Gasteiger partial charge in [-0.2, -0.15) is 0 Å². The SMILES string of the molecule is COC(=O)C1(CN)CC1C1CCCC1. The summed E-state index contributed by atoms with van der Waals surface area (Å²) < 4.78 is 4.84. The lowest BCUT2D eigenvalue weighted by atomic mass is 9.93. The zero-order chi connectivity index (χ0) is 10.2. The van der Waals surface area contributed by atoms with Gasteiger partial charge in [0.2, 0.25) is 0 Å². The third kappa shape index (κ3) is 1.34. The predicted molar refractivity (Wildman–Crippen MR) is 53.6 cm³/mol. The highest BCUT2D eigenvalue weighted by molar-refractivity contribution is 5.81. The standard InChI is InChI=1S/C11H19NO2/c1-14-10(13)11(7-12)6-9(11)8-4-2-3-5-8/h8-9H,2-7,12H2,1H3. The van der Waals surface area contributed by atoms with Crippen LogP contribution in [0.25, 0.3) is 0 Å². The summed E-state index contributed by atoms with van der Waals surface area (Å²) in [7, 11) is 1.46. The second kappa shape index (κ2) is 3.54. The number of esters is 1. The van der Waals surface area contributed by atoms with Gasteiger partial charge in [-0.05, 0) is 18.3 Å². The van der Waals surface area contributed by atoms with Gasteiger partial charge in [-0.1, -0.05) is 25.7 Å². The van der Waals surface area contributed by atoms with Gasteiger partial charge in [0.15, 0.2) is 0 Å². The summed E-state index contributed by atoms with van der Waals surface area (Å²) in [5, 5.41) is 0. The summed E-state index contributed by atoms with van der Waals surface area (Å²) in [6, 6.07) is 0. The molecule has 2 N–H and O–H groups in total. The van der Waals surface area contributed by atoms with Gasteiger partial charge in [0.1, 0.15) is 0 Å². The van der Waals surface area contributed by atoms with E-state index >= 15 is 0 Å². The van der Waals surface area contributed by atoms with E-state index < -0.39 is 0 Å². The molecule has 0 heterocycles. The molecule has 14 heavy (non-hydrogen) atoms. The molecule has 0 aromatic heterocycles. The van der Waals surface area contributed by atoms with Gasteiger partial charge in [0.25, 0.3) is 0 Å². The third-order valence-corrected chi connectivity index (χ3v) is 4.06. The molecule has 80 valence electrons. The Kier molecular flexibility index (Phi) is 2.52. The van der Waals surface area contributed by atoms with Gasteiger partial charge in [-0.25, -0.2) is 0 Å². The maximum atomic E-state index is 11.6. The first-order chi connectivity index (χ1) is 6.74. The molecule has 2 aliphatic carbocycles. The van der Waals surface area contributed by atoms with Crippen LogP contribution >= 0.6 is 0 Å². The van der Waals surface area contributed by atoms with Crippen molar-refractivity contribution in [1.82, 2.24) is 0 Å².